The summed E-state index contributed by atoms with van der Waals surface area (Å²) >= 11 is 0. The number of hydrogen-bond donors (Lipinski definition) is 2. The zero-order chi connectivity index (χ0) is 20.1. The topological polar surface area (TPSA) is 71.8 Å². The number of carbonyl (C=O) groups excluding carboxylic acids is 1. The average molecular weight is 396 g/mol. The third-order valence-electron chi connectivity index (χ3n) is 6.83. The molecule has 1 aliphatic heterocycles. The van der Waals surface area contributed by atoms with E-state index < -0.39 is 0 Å². The number of rotatable bonds is 5. The highest BCUT2D eigenvalue weighted by molar-refractivity contribution is 5.93. The first-order valence-corrected chi connectivity index (χ1v) is 11.2. The lowest BCUT2D eigenvalue weighted by Crippen LogP contribution is -2.41. The molecule has 1 aromatic heterocycles. The van der Waals surface area contributed by atoms with E-state index in [1.807, 2.05) is 11.6 Å². The monoisotopic (exact) mass is 395 g/mol. The number of carbonyl (C=O) groups is 1. The summed E-state index contributed by atoms with van der Waals surface area (Å²) < 4.78 is 1.95. The second-order valence-electron chi connectivity index (χ2n) is 8.69. The van der Waals surface area contributed by atoms with Crippen LogP contribution in [0, 0.1) is 6.92 Å². The van der Waals surface area contributed by atoms with Crippen molar-refractivity contribution in [3.05, 3.63) is 47.3 Å². The van der Waals surface area contributed by atoms with Crippen LogP contribution >= 0.6 is 0 Å². The second kappa shape index (κ2) is 9.08. The van der Waals surface area contributed by atoms with Crippen LogP contribution in [-0.2, 0) is 5.41 Å². The highest BCUT2D eigenvalue weighted by Crippen LogP contribution is 2.38. The smallest absolute Gasteiger partial charge is 0.273 e. The molecule has 1 aliphatic carbocycles. The van der Waals surface area contributed by atoms with E-state index in [0.29, 0.717) is 18.3 Å². The van der Waals surface area contributed by atoms with Gasteiger partial charge in [0.15, 0.2) is 5.69 Å². The van der Waals surface area contributed by atoms with Crippen molar-refractivity contribution in [3.8, 4) is 0 Å². The number of hydrogen-bond acceptors (Lipinski definition) is 4. The molecule has 0 bridgehead atoms. The fourth-order valence-corrected chi connectivity index (χ4v) is 5.05. The molecule has 2 aromatic rings. The molecule has 29 heavy (non-hydrogen) atoms. The third kappa shape index (κ3) is 4.37. The van der Waals surface area contributed by atoms with E-state index in [1.54, 1.807) is 0 Å². The Labute approximate surface area is 173 Å². The first kappa shape index (κ1) is 20.1. The zero-order valence-corrected chi connectivity index (χ0v) is 17.5. The molecule has 2 heterocycles. The molecule has 1 saturated heterocycles. The number of amides is 1. The van der Waals surface area contributed by atoms with Crippen molar-refractivity contribution in [1.29, 1.82) is 0 Å². The summed E-state index contributed by atoms with van der Waals surface area (Å²) in [4.78, 5) is 13.0. The molecule has 6 heteroatoms. The average Bonchev–Trinajstić information content (AvgIpc) is 2.99. The molecule has 6 nitrogen and oxygen atoms in total. The summed E-state index contributed by atoms with van der Waals surface area (Å²) in [5.41, 5.74) is 2.72. The molecule has 0 unspecified atom stereocenters. The van der Waals surface area contributed by atoms with Crippen molar-refractivity contribution in [2.45, 2.75) is 69.7 Å². The highest BCUT2D eigenvalue weighted by Gasteiger charge is 2.34. The van der Waals surface area contributed by atoms with E-state index >= 15 is 0 Å². The molecule has 1 saturated carbocycles. The number of benzene rings is 1. The van der Waals surface area contributed by atoms with Crippen molar-refractivity contribution in [2.24, 2.45) is 0 Å². The summed E-state index contributed by atoms with van der Waals surface area (Å²) in [6.45, 7) is 4.61. The third-order valence-corrected chi connectivity index (χ3v) is 6.83. The van der Waals surface area contributed by atoms with Gasteiger partial charge in [0, 0.05) is 12.0 Å². The Kier molecular flexibility index (Phi) is 6.28. The summed E-state index contributed by atoms with van der Waals surface area (Å²) in [6.07, 6.45) is 9.31. The van der Waals surface area contributed by atoms with Crippen LogP contribution in [0.1, 0.15) is 79.2 Å². The van der Waals surface area contributed by atoms with Gasteiger partial charge >= 0.3 is 0 Å². The Morgan fingerprint density at radius 2 is 1.83 bits per heavy atom. The molecule has 4 rings (SSSR count). The number of piperidine rings is 1. The van der Waals surface area contributed by atoms with Gasteiger partial charge in [-0.25, -0.2) is 4.68 Å². The molecule has 1 amide bonds. The van der Waals surface area contributed by atoms with Crippen LogP contribution in [-0.4, -0.2) is 40.5 Å². The largest absolute Gasteiger partial charge is 0.350 e. The van der Waals surface area contributed by atoms with Crippen molar-refractivity contribution in [3.63, 3.8) is 0 Å². The van der Waals surface area contributed by atoms with Gasteiger partial charge in [-0.2, -0.15) is 0 Å². The fraction of sp³-hybridized carbons (Fsp3) is 0.609. The molecule has 0 spiro atoms. The predicted molar refractivity (Wildman–Crippen MR) is 114 cm³/mol. The lowest BCUT2D eigenvalue weighted by atomic mass is 9.74. The first-order valence-electron chi connectivity index (χ1n) is 11.2. The maximum Gasteiger partial charge on any atom is 0.273 e. The van der Waals surface area contributed by atoms with Gasteiger partial charge in [-0.15, -0.1) is 5.10 Å². The van der Waals surface area contributed by atoms with Gasteiger partial charge in [-0.05, 0) is 51.3 Å². The summed E-state index contributed by atoms with van der Waals surface area (Å²) in [5, 5.41) is 15.2. The van der Waals surface area contributed by atoms with Gasteiger partial charge in [-0.3, -0.25) is 4.79 Å². The van der Waals surface area contributed by atoms with Crippen LogP contribution in [0.2, 0.25) is 0 Å². The maximum absolute atomic E-state index is 13.0. The van der Waals surface area contributed by atoms with Gasteiger partial charge in [0.2, 0.25) is 0 Å². The maximum atomic E-state index is 13.0. The summed E-state index contributed by atoms with van der Waals surface area (Å²) in [5.74, 6) is -0.0952. The molecule has 1 aromatic carbocycles. The molecule has 2 aliphatic rings. The molecular formula is C23H33N5O. The Balaban J connectivity index is 1.49. The fourth-order valence-electron chi connectivity index (χ4n) is 5.05. The van der Waals surface area contributed by atoms with E-state index in [-0.39, 0.29) is 11.3 Å². The van der Waals surface area contributed by atoms with Gasteiger partial charge in [-0.1, -0.05) is 61.2 Å². The van der Waals surface area contributed by atoms with E-state index in [9.17, 15) is 4.79 Å². The molecule has 156 valence electrons. The van der Waals surface area contributed by atoms with Crippen LogP contribution in [0.4, 0.5) is 0 Å². The standard InChI is InChI=1S/C23H33N5O/c1-18-21(26-27-28(18)20-11-15-24-16-12-20)22(29)25-17-23(13-7-2-3-8-14-23)19-9-5-4-6-10-19/h4-6,9-10,20,24H,2-3,7-8,11-17H2,1H3,(H,25,29). The molecule has 0 atom stereocenters. The van der Waals surface area contributed by atoms with Crippen LogP contribution < -0.4 is 10.6 Å². The van der Waals surface area contributed by atoms with E-state index in [4.69, 9.17) is 0 Å². The second-order valence-corrected chi connectivity index (χ2v) is 8.69. The molecule has 2 fully saturated rings. The van der Waals surface area contributed by atoms with Crippen molar-refractivity contribution in [1.82, 2.24) is 25.6 Å². The van der Waals surface area contributed by atoms with Gasteiger partial charge in [0.25, 0.3) is 5.91 Å². The number of nitrogens with one attached hydrogen (secondary N) is 2. The SMILES string of the molecule is Cc1c(C(=O)NCC2(c3ccccc3)CCCCCC2)nnn1C1CCNCC1. The van der Waals surface area contributed by atoms with E-state index in [0.717, 1.165) is 44.5 Å². The lowest BCUT2D eigenvalue weighted by Gasteiger charge is -2.33. The Hall–Kier alpha value is -2.21. The number of nitrogens with zero attached hydrogens (tertiary/aromatic N) is 3. The molecule has 2 N–H and O–H groups in total. The van der Waals surface area contributed by atoms with Crippen LogP contribution in [0.5, 0.6) is 0 Å². The van der Waals surface area contributed by atoms with Crippen molar-refractivity contribution >= 4 is 5.91 Å². The van der Waals surface area contributed by atoms with E-state index in [1.165, 1.54) is 31.2 Å². The summed E-state index contributed by atoms with van der Waals surface area (Å²) in [6, 6.07) is 11.1. The van der Waals surface area contributed by atoms with Gasteiger partial charge in [0.05, 0.1) is 11.7 Å². The Morgan fingerprint density at radius 1 is 1.14 bits per heavy atom. The Bertz CT molecular complexity index is 802. The quantitative estimate of drug-likeness (QED) is 0.760. The van der Waals surface area contributed by atoms with Crippen LogP contribution in [0.3, 0.4) is 0 Å². The zero-order valence-electron chi connectivity index (χ0n) is 17.5. The number of aromatic nitrogens is 3. The first-order chi connectivity index (χ1) is 14.2. The minimum absolute atomic E-state index is 0.0202. The molecular weight excluding hydrogens is 362 g/mol. The van der Waals surface area contributed by atoms with Gasteiger partial charge < -0.3 is 10.6 Å². The van der Waals surface area contributed by atoms with Gasteiger partial charge in [0.1, 0.15) is 0 Å². The van der Waals surface area contributed by atoms with Crippen LogP contribution in [0.15, 0.2) is 30.3 Å². The van der Waals surface area contributed by atoms with Crippen molar-refractivity contribution in [2.75, 3.05) is 19.6 Å². The lowest BCUT2D eigenvalue weighted by molar-refractivity contribution is 0.0934. The normalized spacial score (nSPS) is 20.2. The van der Waals surface area contributed by atoms with E-state index in [2.05, 4.69) is 51.3 Å². The summed E-state index contributed by atoms with van der Waals surface area (Å²) in [7, 11) is 0. The minimum atomic E-state index is -0.0952. The predicted octanol–water partition coefficient (Wildman–Crippen LogP) is 3.53. The molecule has 0 radical (unpaired) electrons. The van der Waals surface area contributed by atoms with Crippen molar-refractivity contribution < 1.29 is 4.79 Å². The highest BCUT2D eigenvalue weighted by atomic mass is 16.2. The van der Waals surface area contributed by atoms with Crippen LogP contribution in [0.25, 0.3) is 0 Å². The minimum Gasteiger partial charge on any atom is -0.350 e. The Morgan fingerprint density at radius 3 is 2.52 bits per heavy atom.